The van der Waals surface area contributed by atoms with Gasteiger partial charge in [0.25, 0.3) is 10.0 Å². The van der Waals surface area contributed by atoms with Crippen LogP contribution in [0.2, 0.25) is 0 Å². The average molecular weight is 718 g/mol. The first kappa shape index (κ1) is 34.9. The molecule has 0 spiro atoms. The maximum atomic E-state index is 15.8. The standard InChI is InChI=1S/C41H40FN5O4S/c1-27-11-14-34(15-12-27)52(49,50)47-26-37(33-24-44-46(25-33)28(2)29-9-7-6-8-10-29)36-21-32(23-43-39(36)47)31-13-16-35(38(42)22-31)30-17-19-45(20-18-30)40(48)51-41(3,4)5/h6-17,21-26,28H,18-20H2,1-5H3. The Hall–Kier alpha value is -5.55. The van der Waals surface area contributed by atoms with Gasteiger partial charge in [0.1, 0.15) is 11.4 Å². The van der Waals surface area contributed by atoms with Crippen LogP contribution < -0.4 is 0 Å². The zero-order valence-electron chi connectivity index (χ0n) is 29.7. The third-order valence-electron chi connectivity index (χ3n) is 9.29. The second kappa shape index (κ2) is 13.5. The van der Waals surface area contributed by atoms with E-state index in [0.717, 1.165) is 22.3 Å². The number of carbonyl (C=O) groups excluding carboxylic acids is 1. The van der Waals surface area contributed by atoms with Crippen molar-refractivity contribution in [3.8, 4) is 22.3 Å². The minimum atomic E-state index is -4.01. The van der Waals surface area contributed by atoms with Gasteiger partial charge in [0.05, 0.1) is 17.1 Å². The highest BCUT2D eigenvalue weighted by molar-refractivity contribution is 7.90. The number of ether oxygens (including phenoxy) is 1. The highest BCUT2D eigenvalue weighted by atomic mass is 32.2. The number of fused-ring (bicyclic) bond motifs is 1. The van der Waals surface area contributed by atoms with Gasteiger partial charge >= 0.3 is 6.09 Å². The molecule has 266 valence electrons. The van der Waals surface area contributed by atoms with Gasteiger partial charge < -0.3 is 9.64 Å². The van der Waals surface area contributed by atoms with Crippen molar-refractivity contribution in [2.45, 2.75) is 57.6 Å². The van der Waals surface area contributed by atoms with Crippen LogP contribution >= 0.6 is 0 Å². The zero-order chi connectivity index (χ0) is 36.8. The van der Waals surface area contributed by atoms with Crippen molar-refractivity contribution >= 4 is 32.7 Å². The molecule has 52 heavy (non-hydrogen) atoms. The molecule has 3 aromatic heterocycles. The summed E-state index contributed by atoms with van der Waals surface area (Å²) in [6, 6.07) is 23.5. The van der Waals surface area contributed by atoms with E-state index >= 15 is 4.39 Å². The van der Waals surface area contributed by atoms with Gasteiger partial charge in [-0.15, -0.1) is 0 Å². The average Bonchev–Trinajstić information content (AvgIpc) is 3.77. The number of benzene rings is 3. The predicted octanol–water partition coefficient (Wildman–Crippen LogP) is 8.88. The number of aryl methyl sites for hydroxylation is 1. The highest BCUT2D eigenvalue weighted by Crippen LogP contribution is 2.36. The maximum Gasteiger partial charge on any atom is 0.410 e. The third kappa shape index (κ3) is 6.88. The molecule has 0 saturated carbocycles. The largest absolute Gasteiger partial charge is 0.444 e. The molecule has 0 fully saturated rings. The van der Waals surface area contributed by atoms with E-state index < -0.39 is 21.4 Å². The van der Waals surface area contributed by atoms with Crippen LogP contribution in [0.3, 0.4) is 0 Å². The minimum absolute atomic E-state index is 0.0607. The monoisotopic (exact) mass is 717 g/mol. The molecule has 9 nitrogen and oxygen atoms in total. The molecular formula is C41H40FN5O4S. The summed E-state index contributed by atoms with van der Waals surface area (Å²) < 4.78 is 52.4. The van der Waals surface area contributed by atoms with Crippen molar-refractivity contribution in [3.05, 3.63) is 132 Å². The second-order valence-electron chi connectivity index (χ2n) is 14.1. The van der Waals surface area contributed by atoms with E-state index in [1.165, 1.54) is 10.0 Å². The molecule has 1 amide bonds. The van der Waals surface area contributed by atoms with E-state index in [4.69, 9.17) is 4.74 Å². The smallest absolute Gasteiger partial charge is 0.410 e. The summed E-state index contributed by atoms with van der Waals surface area (Å²) in [5.41, 5.74) is 5.55. The van der Waals surface area contributed by atoms with Crippen LogP contribution in [0.25, 0.3) is 38.9 Å². The van der Waals surface area contributed by atoms with E-state index in [-0.39, 0.29) is 22.7 Å². The molecule has 0 radical (unpaired) electrons. The van der Waals surface area contributed by atoms with E-state index in [0.29, 0.717) is 47.2 Å². The van der Waals surface area contributed by atoms with Crippen LogP contribution in [0, 0.1) is 12.7 Å². The van der Waals surface area contributed by atoms with Crippen LogP contribution in [0.1, 0.15) is 56.8 Å². The quantitative estimate of drug-likeness (QED) is 0.164. The van der Waals surface area contributed by atoms with Gasteiger partial charge in [0.2, 0.25) is 0 Å². The number of rotatable bonds is 7. The summed E-state index contributed by atoms with van der Waals surface area (Å²) >= 11 is 0. The summed E-state index contributed by atoms with van der Waals surface area (Å²) in [6.07, 6.45) is 8.75. The number of hydrogen-bond acceptors (Lipinski definition) is 6. The molecule has 11 heteroatoms. The van der Waals surface area contributed by atoms with E-state index in [1.807, 2.05) is 87.1 Å². The van der Waals surface area contributed by atoms with Crippen LogP contribution in [0.4, 0.5) is 9.18 Å². The SMILES string of the molecule is Cc1ccc(S(=O)(=O)n2cc(-c3cnn(C(C)c4ccccc4)c3)c3cc(-c4ccc(C5=CCN(C(=O)OC(C)(C)C)CC5)c(F)c4)cnc32)cc1. The first-order valence-electron chi connectivity index (χ1n) is 17.2. The van der Waals surface area contributed by atoms with Crippen LogP contribution in [-0.4, -0.2) is 56.8 Å². The number of halogens is 1. The van der Waals surface area contributed by atoms with E-state index in [2.05, 4.69) is 17.0 Å². The van der Waals surface area contributed by atoms with Crippen molar-refractivity contribution in [2.24, 2.45) is 0 Å². The van der Waals surface area contributed by atoms with Gasteiger partial charge in [-0.1, -0.05) is 66.2 Å². The fraction of sp³-hybridized carbons (Fsp3) is 0.244. The topological polar surface area (TPSA) is 99.3 Å². The van der Waals surface area contributed by atoms with Gasteiger partial charge in [-0.3, -0.25) is 4.68 Å². The Bertz CT molecular complexity index is 2430. The van der Waals surface area contributed by atoms with Crippen molar-refractivity contribution < 1.29 is 22.3 Å². The number of hydrogen-bond donors (Lipinski definition) is 0. The lowest BCUT2D eigenvalue weighted by Crippen LogP contribution is -2.39. The van der Waals surface area contributed by atoms with Crippen LogP contribution in [-0.2, 0) is 14.8 Å². The lowest BCUT2D eigenvalue weighted by atomic mass is 9.96. The molecule has 4 heterocycles. The summed E-state index contributed by atoms with van der Waals surface area (Å²) in [5, 5.41) is 5.23. The minimum Gasteiger partial charge on any atom is -0.444 e. The van der Waals surface area contributed by atoms with Crippen LogP contribution in [0.15, 0.2) is 115 Å². The molecule has 1 aliphatic heterocycles. The van der Waals surface area contributed by atoms with Crippen molar-refractivity contribution in [1.29, 1.82) is 0 Å². The lowest BCUT2D eigenvalue weighted by molar-refractivity contribution is 0.0270. The van der Waals surface area contributed by atoms with E-state index in [1.54, 1.807) is 53.8 Å². The Morgan fingerprint density at radius 3 is 2.33 bits per heavy atom. The number of pyridine rings is 1. The van der Waals surface area contributed by atoms with Crippen molar-refractivity contribution in [3.63, 3.8) is 0 Å². The summed E-state index contributed by atoms with van der Waals surface area (Å²) in [6.45, 7) is 10.2. The molecule has 1 atom stereocenters. The molecule has 0 aliphatic carbocycles. The molecule has 1 unspecified atom stereocenters. The van der Waals surface area contributed by atoms with Gasteiger partial charge in [-0.2, -0.15) is 5.10 Å². The number of amides is 1. The van der Waals surface area contributed by atoms with Crippen molar-refractivity contribution in [2.75, 3.05) is 13.1 Å². The van der Waals surface area contributed by atoms with Crippen molar-refractivity contribution in [1.82, 2.24) is 23.6 Å². The fourth-order valence-electron chi connectivity index (χ4n) is 6.41. The summed E-state index contributed by atoms with van der Waals surface area (Å²) in [7, 11) is -4.01. The summed E-state index contributed by atoms with van der Waals surface area (Å²) in [4.78, 5) is 18.9. The first-order chi connectivity index (χ1) is 24.8. The molecule has 0 N–H and O–H groups in total. The number of nitrogens with zero attached hydrogens (tertiary/aromatic N) is 5. The Balaban J connectivity index is 1.26. The van der Waals surface area contributed by atoms with Crippen LogP contribution in [0.5, 0.6) is 0 Å². The van der Waals surface area contributed by atoms with Gasteiger partial charge in [-0.05, 0) is 82.0 Å². The Labute approximate surface area is 303 Å². The van der Waals surface area contributed by atoms with Gasteiger partial charge in [0.15, 0.2) is 5.65 Å². The van der Waals surface area contributed by atoms with Gasteiger partial charge in [0, 0.05) is 59.3 Å². The molecule has 0 bridgehead atoms. The first-order valence-corrected chi connectivity index (χ1v) is 18.6. The Kier molecular flexibility index (Phi) is 9.08. The molecule has 1 aliphatic rings. The highest BCUT2D eigenvalue weighted by Gasteiger charge is 2.26. The number of carbonyl (C=O) groups is 1. The summed E-state index contributed by atoms with van der Waals surface area (Å²) in [5.74, 6) is -0.398. The Morgan fingerprint density at radius 2 is 1.65 bits per heavy atom. The van der Waals surface area contributed by atoms with E-state index in [9.17, 15) is 13.2 Å². The molecule has 3 aromatic carbocycles. The normalized spacial score (nSPS) is 14.3. The molecule has 6 aromatic rings. The predicted molar refractivity (Wildman–Crippen MR) is 201 cm³/mol. The molecular weight excluding hydrogens is 678 g/mol. The number of aromatic nitrogens is 4. The zero-order valence-corrected chi connectivity index (χ0v) is 30.6. The fourth-order valence-corrected chi connectivity index (χ4v) is 7.73. The third-order valence-corrected chi connectivity index (χ3v) is 11.0. The Morgan fingerprint density at radius 1 is 0.904 bits per heavy atom. The molecule has 7 rings (SSSR count). The second-order valence-corrected chi connectivity index (χ2v) is 16.0. The maximum absolute atomic E-state index is 15.8. The van der Waals surface area contributed by atoms with Gasteiger partial charge in [-0.25, -0.2) is 26.6 Å². The molecule has 0 saturated heterocycles. The lowest BCUT2D eigenvalue weighted by Gasteiger charge is -2.29.